The summed E-state index contributed by atoms with van der Waals surface area (Å²) in [4.78, 5) is 15.6. The summed E-state index contributed by atoms with van der Waals surface area (Å²) in [6.07, 6.45) is 2.00. The lowest BCUT2D eigenvalue weighted by atomic mass is 10.2. The van der Waals surface area contributed by atoms with Gasteiger partial charge in [-0.15, -0.1) is 24.0 Å². The van der Waals surface area contributed by atoms with Gasteiger partial charge < -0.3 is 24.8 Å². The molecule has 0 saturated heterocycles. The van der Waals surface area contributed by atoms with Gasteiger partial charge in [-0.25, -0.2) is 0 Å². The van der Waals surface area contributed by atoms with Crippen molar-refractivity contribution in [2.75, 3.05) is 39.7 Å². The second-order valence-corrected chi connectivity index (χ2v) is 4.99. The maximum absolute atomic E-state index is 11.1. The molecule has 0 radical (unpaired) electrons. The molecule has 142 valence electrons. The zero-order chi connectivity index (χ0) is 17.8. The third-order valence-corrected chi connectivity index (χ3v) is 3.28. The Morgan fingerprint density at radius 1 is 1.12 bits per heavy atom. The summed E-state index contributed by atoms with van der Waals surface area (Å²) >= 11 is 0. The van der Waals surface area contributed by atoms with Gasteiger partial charge in [-0.1, -0.05) is 0 Å². The third-order valence-electron chi connectivity index (χ3n) is 3.28. The van der Waals surface area contributed by atoms with Crippen molar-refractivity contribution in [3.8, 4) is 11.5 Å². The Labute approximate surface area is 166 Å². The number of ether oxygens (including phenoxy) is 3. The number of halogens is 1. The average Bonchev–Trinajstić information content (AvgIpc) is 2.61. The molecule has 0 aliphatic heterocycles. The number of unbranched alkanes of at least 4 members (excludes halogenated alkanes) is 1. The van der Waals surface area contributed by atoms with Gasteiger partial charge in [-0.05, 0) is 31.9 Å². The average molecular weight is 465 g/mol. The van der Waals surface area contributed by atoms with E-state index >= 15 is 0 Å². The summed E-state index contributed by atoms with van der Waals surface area (Å²) < 4.78 is 15.1. The van der Waals surface area contributed by atoms with Crippen LogP contribution in [0.2, 0.25) is 0 Å². The fourth-order valence-electron chi connectivity index (χ4n) is 2.03. The largest absolute Gasteiger partial charge is 0.493 e. The topological polar surface area (TPSA) is 81.2 Å². The molecule has 0 aromatic heterocycles. The van der Waals surface area contributed by atoms with Crippen LogP contribution in [0.1, 0.15) is 26.2 Å². The number of aliphatic imine (C=N–C) groups is 1. The lowest BCUT2D eigenvalue weighted by Crippen LogP contribution is -2.30. The number of rotatable bonds is 9. The van der Waals surface area contributed by atoms with Crippen LogP contribution in [-0.4, -0.2) is 46.3 Å². The number of hydrogen-bond acceptors (Lipinski definition) is 5. The predicted octanol–water partition coefficient (Wildman–Crippen LogP) is 3.04. The highest BCUT2D eigenvalue weighted by atomic mass is 127. The predicted molar refractivity (Wildman–Crippen MR) is 110 cm³/mol. The van der Waals surface area contributed by atoms with Gasteiger partial charge in [0.15, 0.2) is 17.5 Å². The molecule has 8 heteroatoms. The molecule has 0 fully saturated rings. The number of anilines is 1. The lowest BCUT2D eigenvalue weighted by Gasteiger charge is -2.13. The standard InChI is InChI=1S/C17H27N3O4.HI/c1-5-18-17(19-11-7-6-8-16(21)24-4)20-13-9-10-14(22-2)15(12-13)23-3;/h9-10,12H,5-8,11H2,1-4H3,(H2,18,19,20);1H. The highest BCUT2D eigenvalue weighted by Crippen LogP contribution is 2.29. The molecule has 1 rings (SSSR count). The van der Waals surface area contributed by atoms with Crippen LogP contribution in [0.15, 0.2) is 23.2 Å². The van der Waals surface area contributed by atoms with E-state index in [1.54, 1.807) is 14.2 Å². The minimum Gasteiger partial charge on any atom is -0.493 e. The number of carbonyl (C=O) groups is 1. The molecule has 0 unspecified atom stereocenters. The van der Waals surface area contributed by atoms with Crippen molar-refractivity contribution >= 4 is 41.6 Å². The number of benzene rings is 1. The van der Waals surface area contributed by atoms with Crippen LogP contribution in [0.4, 0.5) is 5.69 Å². The normalized spacial score (nSPS) is 10.5. The molecule has 0 aliphatic carbocycles. The van der Waals surface area contributed by atoms with Gasteiger partial charge in [0.05, 0.1) is 21.3 Å². The van der Waals surface area contributed by atoms with Crippen LogP contribution in [0.25, 0.3) is 0 Å². The third kappa shape index (κ3) is 8.80. The van der Waals surface area contributed by atoms with Gasteiger partial charge in [-0.2, -0.15) is 0 Å². The summed E-state index contributed by atoms with van der Waals surface area (Å²) in [7, 11) is 4.60. The van der Waals surface area contributed by atoms with E-state index < -0.39 is 0 Å². The number of nitrogens with zero attached hydrogens (tertiary/aromatic N) is 1. The number of esters is 1. The van der Waals surface area contributed by atoms with Crippen molar-refractivity contribution in [1.29, 1.82) is 0 Å². The van der Waals surface area contributed by atoms with Gasteiger partial charge >= 0.3 is 5.97 Å². The first-order valence-electron chi connectivity index (χ1n) is 7.98. The SMILES string of the molecule is CCNC(=NCCCCC(=O)OC)Nc1ccc(OC)c(OC)c1.I. The Kier molecular flexibility index (Phi) is 12.6. The van der Waals surface area contributed by atoms with Crippen molar-refractivity contribution in [2.24, 2.45) is 4.99 Å². The van der Waals surface area contributed by atoms with Crippen LogP contribution < -0.4 is 20.1 Å². The summed E-state index contributed by atoms with van der Waals surface area (Å²) in [6.45, 7) is 3.38. The van der Waals surface area contributed by atoms with Crippen LogP contribution in [0.3, 0.4) is 0 Å². The lowest BCUT2D eigenvalue weighted by molar-refractivity contribution is -0.140. The first-order chi connectivity index (χ1) is 11.6. The van der Waals surface area contributed by atoms with Crippen molar-refractivity contribution in [3.63, 3.8) is 0 Å². The van der Waals surface area contributed by atoms with Gasteiger partial charge in [0.1, 0.15) is 0 Å². The van der Waals surface area contributed by atoms with E-state index in [1.165, 1.54) is 7.11 Å². The first kappa shape index (κ1) is 23.3. The summed E-state index contributed by atoms with van der Waals surface area (Å²) in [5.74, 6) is 1.82. The zero-order valence-electron chi connectivity index (χ0n) is 15.3. The van der Waals surface area contributed by atoms with E-state index in [4.69, 9.17) is 9.47 Å². The second-order valence-electron chi connectivity index (χ2n) is 4.99. The summed E-state index contributed by atoms with van der Waals surface area (Å²) in [5.41, 5.74) is 0.849. The van der Waals surface area contributed by atoms with E-state index in [2.05, 4.69) is 20.4 Å². The monoisotopic (exact) mass is 465 g/mol. The van der Waals surface area contributed by atoms with Crippen molar-refractivity contribution in [2.45, 2.75) is 26.2 Å². The molecular weight excluding hydrogens is 437 g/mol. The summed E-state index contributed by atoms with van der Waals surface area (Å²) in [6, 6.07) is 5.58. The van der Waals surface area contributed by atoms with E-state index in [0.717, 1.165) is 25.1 Å². The number of hydrogen-bond donors (Lipinski definition) is 2. The van der Waals surface area contributed by atoms with E-state index in [-0.39, 0.29) is 29.9 Å². The molecule has 0 atom stereocenters. The maximum atomic E-state index is 11.1. The molecule has 7 nitrogen and oxygen atoms in total. The Morgan fingerprint density at radius 3 is 2.44 bits per heavy atom. The number of methoxy groups -OCH3 is 3. The molecule has 25 heavy (non-hydrogen) atoms. The minimum atomic E-state index is -0.186. The molecule has 2 N–H and O–H groups in total. The van der Waals surface area contributed by atoms with Gasteiger partial charge in [0.25, 0.3) is 0 Å². The van der Waals surface area contributed by atoms with Crippen LogP contribution in [0.5, 0.6) is 11.5 Å². The van der Waals surface area contributed by atoms with Crippen molar-refractivity contribution in [3.05, 3.63) is 18.2 Å². The van der Waals surface area contributed by atoms with Crippen molar-refractivity contribution < 1.29 is 19.0 Å². The first-order valence-corrected chi connectivity index (χ1v) is 7.98. The minimum absolute atomic E-state index is 0. The zero-order valence-corrected chi connectivity index (χ0v) is 17.6. The van der Waals surface area contributed by atoms with Crippen LogP contribution in [-0.2, 0) is 9.53 Å². The van der Waals surface area contributed by atoms with Crippen molar-refractivity contribution in [1.82, 2.24) is 5.32 Å². The Bertz CT molecular complexity index is 553. The number of guanidine groups is 1. The maximum Gasteiger partial charge on any atom is 0.305 e. The van der Waals surface area contributed by atoms with Gasteiger partial charge in [0, 0.05) is 31.3 Å². The number of nitrogens with one attached hydrogen (secondary N) is 2. The van der Waals surface area contributed by atoms with Crippen LogP contribution in [0, 0.1) is 0 Å². The highest BCUT2D eigenvalue weighted by molar-refractivity contribution is 14.0. The highest BCUT2D eigenvalue weighted by Gasteiger charge is 2.06. The van der Waals surface area contributed by atoms with Gasteiger partial charge in [-0.3, -0.25) is 9.79 Å². The van der Waals surface area contributed by atoms with E-state index in [1.807, 2.05) is 25.1 Å². The fourth-order valence-corrected chi connectivity index (χ4v) is 2.03. The number of carbonyl (C=O) groups excluding carboxylic acids is 1. The summed E-state index contributed by atoms with van der Waals surface area (Å²) in [5, 5.41) is 6.41. The molecule has 0 spiro atoms. The van der Waals surface area contributed by atoms with Gasteiger partial charge in [0.2, 0.25) is 0 Å². The molecule has 0 saturated carbocycles. The molecule has 0 heterocycles. The molecule has 1 aromatic rings. The Balaban J connectivity index is 0.00000576. The Morgan fingerprint density at radius 2 is 1.84 bits per heavy atom. The molecule has 1 aromatic carbocycles. The second kappa shape index (κ2) is 13.6. The van der Waals surface area contributed by atoms with E-state index in [0.29, 0.717) is 30.4 Å². The molecule has 0 bridgehead atoms. The molecular formula is C17H28IN3O4. The van der Waals surface area contributed by atoms with E-state index in [9.17, 15) is 4.79 Å². The molecule has 0 amide bonds. The Hall–Kier alpha value is -1.71. The quantitative estimate of drug-likeness (QED) is 0.192. The molecule has 0 aliphatic rings. The van der Waals surface area contributed by atoms with Crippen LogP contribution >= 0.6 is 24.0 Å². The fraction of sp³-hybridized carbons (Fsp3) is 0.529. The smallest absolute Gasteiger partial charge is 0.305 e.